The zero-order chi connectivity index (χ0) is 21.3. The van der Waals surface area contributed by atoms with E-state index in [0.717, 1.165) is 76.2 Å². The first-order chi connectivity index (χ1) is 14.6. The van der Waals surface area contributed by atoms with Crippen molar-refractivity contribution in [1.82, 2.24) is 5.32 Å². The van der Waals surface area contributed by atoms with E-state index in [0.29, 0.717) is 24.2 Å². The van der Waals surface area contributed by atoms with E-state index in [4.69, 9.17) is 4.74 Å². The standard InChI is InChI=1S/C24H37N3O3/c1-3-4-5-8-23(28)26-19-9-10-22(27-13-11-18(2)12-14-27)21(16-19)24(29)25-17-20-7-6-15-30-20/h9-10,16,18,20H,3-8,11-15,17H2,1-2H3,(H,25,29)(H,26,28)/t20-/m0/s1. The lowest BCUT2D eigenvalue weighted by molar-refractivity contribution is -0.116. The Hall–Kier alpha value is -2.08. The summed E-state index contributed by atoms with van der Waals surface area (Å²) in [6.07, 6.45) is 7.96. The zero-order valence-corrected chi connectivity index (χ0v) is 18.5. The first kappa shape index (κ1) is 22.6. The smallest absolute Gasteiger partial charge is 0.253 e. The quantitative estimate of drug-likeness (QED) is 0.588. The van der Waals surface area contributed by atoms with Crippen molar-refractivity contribution in [3.63, 3.8) is 0 Å². The summed E-state index contributed by atoms with van der Waals surface area (Å²) in [6.45, 7) is 7.62. The van der Waals surface area contributed by atoms with Crippen LogP contribution in [0.15, 0.2) is 18.2 Å². The number of nitrogens with one attached hydrogen (secondary N) is 2. The number of carbonyl (C=O) groups excluding carboxylic acids is 2. The molecule has 2 fully saturated rings. The third-order valence-corrected chi connectivity index (χ3v) is 6.17. The molecule has 0 spiro atoms. The number of benzene rings is 1. The van der Waals surface area contributed by atoms with Crippen LogP contribution in [0, 0.1) is 5.92 Å². The molecular formula is C24H37N3O3. The third-order valence-electron chi connectivity index (χ3n) is 6.17. The lowest BCUT2D eigenvalue weighted by atomic mass is 9.97. The topological polar surface area (TPSA) is 70.7 Å². The maximum Gasteiger partial charge on any atom is 0.253 e. The molecule has 0 aliphatic carbocycles. The van der Waals surface area contributed by atoms with Gasteiger partial charge in [0.2, 0.25) is 5.91 Å². The summed E-state index contributed by atoms with van der Waals surface area (Å²) in [5.74, 6) is 0.634. The largest absolute Gasteiger partial charge is 0.376 e. The molecule has 1 aromatic carbocycles. The van der Waals surface area contributed by atoms with Gasteiger partial charge in [0, 0.05) is 44.0 Å². The number of hydrogen-bond donors (Lipinski definition) is 2. The summed E-state index contributed by atoms with van der Waals surface area (Å²) in [5, 5.41) is 6.02. The third kappa shape index (κ3) is 6.46. The number of unbranched alkanes of at least 4 members (excludes halogenated alkanes) is 2. The highest BCUT2D eigenvalue weighted by molar-refractivity contribution is 6.02. The fraction of sp³-hybridized carbons (Fsp3) is 0.667. The van der Waals surface area contributed by atoms with Gasteiger partial charge in [-0.25, -0.2) is 0 Å². The lowest BCUT2D eigenvalue weighted by Gasteiger charge is -2.33. The summed E-state index contributed by atoms with van der Waals surface area (Å²) in [4.78, 5) is 27.6. The molecular weight excluding hydrogens is 378 g/mol. The average Bonchev–Trinajstić information content (AvgIpc) is 3.26. The van der Waals surface area contributed by atoms with Gasteiger partial charge in [0.05, 0.1) is 11.7 Å². The van der Waals surface area contributed by atoms with Crippen LogP contribution in [0.25, 0.3) is 0 Å². The molecule has 3 rings (SSSR count). The maximum atomic E-state index is 13.1. The highest BCUT2D eigenvalue weighted by Crippen LogP contribution is 2.29. The van der Waals surface area contributed by atoms with Crippen molar-refractivity contribution in [2.24, 2.45) is 5.92 Å². The van der Waals surface area contributed by atoms with Gasteiger partial charge in [0.15, 0.2) is 0 Å². The van der Waals surface area contributed by atoms with E-state index in [9.17, 15) is 9.59 Å². The summed E-state index contributed by atoms with van der Waals surface area (Å²) in [6, 6.07) is 5.73. The number of piperidine rings is 1. The van der Waals surface area contributed by atoms with Crippen molar-refractivity contribution in [3.8, 4) is 0 Å². The second-order valence-corrected chi connectivity index (χ2v) is 8.75. The van der Waals surface area contributed by atoms with Gasteiger partial charge in [-0.15, -0.1) is 0 Å². The van der Waals surface area contributed by atoms with Crippen LogP contribution in [0.3, 0.4) is 0 Å². The van der Waals surface area contributed by atoms with Gasteiger partial charge in [-0.2, -0.15) is 0 Å². The van der Waals surface area contributed by atoms with Gasteiger partial charge in [-0.3, -0.25) is 9.59 Å². The summed E-state index contributed by atoms with van der Waals surface area (Å²) in [7, 11) is 0. The molecule has 166 valence electrons. The number of nitrogens with zero attached hydrogens (tertiary/aromatic N) is 1. The molecule has 2 aliphatic rings. The number of ether oxygens (including phenoxy) is 1. The summed E-state index contributed by atoms with van der Waals surface area (Å²) >= 11 is 0. The molecule has 2 aliphatic heterocycles. The van der Waals surface area contributed by atoms with Crippen molar-refractivity contribution in [3.05, 3.63) is 23.8 Å². The van der Waals surface area contributed by atoms with E-state index in [-0.39, 0.29) is 17.9 Å². The SMILES string of the molecule is CCCCCC(=O)Nc1ccc(N2CCC(C)CC2)c(C(=O)NC[C@@H]2CCCO2)c1. The Morgan fingerprint density at radius 1 is 1.17 bits per heavy atom. The molecule has 2 N–H and O–H groups in total. The van der Waals surface area contributed by atoms with Crippen LogP contribution >= 0.6 is 0 Å². The maximum absolute atomic E-state index is 13.1. The van der Waals surface area contributed by atoms with Crippen LogP contribution in [0.2, 0.25) is 0 Å². The number of anilines is 2. The Bertz CT molecular complexity index is 708. The molecule has 0 unspecified atom stereocenters. The van der Waals surface area contributed by atoms with Crippen LogP contribution in [-0.4, -0.2) is 44.2 Å². The molecule has 6 nitrogen and oxygen atoms in total. The highest BCUT2D eigenvalue weighted by Gasteiger charge is 2.23. The second-order valence-electron chi connectivity index (χ2n) is 8.75. The van der Waals surface area contributed by atoms with Crippen LogP contribution < -0.4 is 15.5 Å². The molecule has 0 aromatic heterocycles. The zero-order valence-electron chi connectivity index (χ0n) is 18.5. The number of hydrogen-bond acceptors (Lipinski definition) is 4. The minimum atomic E-state index is -0.0961. The fourth-order valence-electron chi connectivity index (χ4n) is 4.19. The van der Waals surface area contributed by atoms with Crippen molar-refractivity contribution in [2.45, 2.75) is 71.3 Å². The van der Waals surface area contributed by atoms with Crippen LogP contribution in [0.1, 0.15) is 75.6 Å². The Morgan fingerprint density at radius 3 is 2.67 bits per heavy atom. The van der Waals surface area contributed by atoms with Crippen molar-refractivity contribution in [2.75, 3.05) is 36.5 Å². The second kappa shape index (κ2) is 11.3. The first-order valence-electron chi connectivity index (χ1n) is 11.7. The van der Waals surface area contributed by atoms with E-state index in [1.165, 1.54) is 0 Å². The van der Waals surface area contributed by atoms with E-state index < -0.39 is 0 Å². The van der Waals surface area contributed by atoms with Crippen molar-refractivity contribution >= 4 is 23.2 Å². The molecule has 1 atom stereocenters. The van der Waals surface area contributed by atoms with E-state index in [1.807, 2.05) is 18.2 Å². The average molecular weight is 416 g/mol. The Morgan fingerprint density at radius 2 is 1.97 bits per heavy atom. The Balaban J connectivity index is 1.72. The molecule has 30 heavy (non-hydrogen) atoms. The molecule has 1 aromatic rings. The van der Waals surface area contributed by atoms with E-state index in [2.05, 4.69) is 29.4 Å². The monoisotopic (exact) mass is 415 g/mol. The van der Waals surface area contributed by atoms with E-state index in [1.54, 1.807) is 0 Å². The summed E-state index contributed by atoms with van der Waals surface area (Å²) in [5.41, 5.74) is 2.28. The fourth-order valence-corrected chi connectivity index (χ4v) is 4.19. The number of amides is 2. The van der Waals surface area contributed by atoms with Crippen LogP contribution in [-0.2, 0) is 9.53 Å². The highest BCUT2D eigenvalue weighted by atomic mass is 16.5. The summed E-state index contributed by atoms with van der Waals surface area (Å²) < 4.78 is 5.64. The Labute approximate surface area is 180 Å². The molecule has 0 saturated carbocycles. The molecule has 0 radical (unpaired) electrons. The van der Waals surface area contributed by atoms with Gasteiger partial charge in [0.25, 0.3) is 5.91 Å². The molecule has 2 saturated heterocycles. The van der Waals surface area contributed by atoms with E-state index >= 15 is 0 Å². The first-order valence-corrected chi connectivity index (χ1v) is 11.7. The van der Waals surface area contributed by atoms with Gasteiger partial charge in [-0.1, -0.05) is 26.7 Å². The molecule has 2 amide bonds. The van der Waals surface area contributed by atoms with Crippen LogP contribution in [0.5, 0.6) is 0 Å². The molecule has 2 heterocycles. The molecule has 6 heteroatoms. The molecule has 0 bridgehead atoms. The minimum Gasteiger partial charge on any atom is -0.376 e. The minimum absolute atomic E-state index is 0.00807. The lowest BCUT2D eigenvalue weighted by Crippen LogP contribution is -2.36. The van der Waals surface area contributed by atoms with Crippen molar-refractivity contribution in [1.29, 1.82) is 0 Å². The van der Waals surface area contributed by atoms with Gasteiger partial charge < -0.3 is 20.3 Å². The normalized spacial score (nSPS) is 19.7. The number of rotatable bonds is 9. The van der Waals surface area contributed by atoms with Crippen LogP contribution in [0.4, 0.5) is 11.4 Å². The number of carbonyl (C=O) groups is 2. The van der Waals surface area contributed by atoms with Crippen molar-refractivity contribution < 1.29 is 14.3 Å². The van der Waals surface area contributed by atoms with Gasteiger partial charge in [0.1, 0.15) is 0 Å². The predicted molar refractivity (Wildman–Crippen MR) is 121 cm³/mol. The van der Waals surface area contributed by atoms with Gasteiger partial charge in [-0.05, 0) is 56.2 Å². The van der Waals surface area contributed by atoms with Gasteiger partial charge >= 0.3 is 0 Å². The predicted octanol–water partition coefficient (Wildman–Crippen LogP) is 4.35. The Kier molecular flexibility index (Phi) is 8.55.